The highest BCUT2D eigenvalue weighted by Gasteiger charge is 2.26. The molecule has 0 aliphatic carbocycles. The van der Waals surface area contributed by atoms with Crippen LogP contribution in [-0.2, 0) is 11.8 Å². The minimum absolute atomic E-state index is 0.164. The summed E-state index contributed by atoms with van der Waals surface area (Å²) >= 11 is 0. The van der Waals surface area contributed by atoms with Crippen molar-refractivity contribution in [3.8, 4) is 0 Å². The highest BCUT2D eigenvalue weighted by atomic mass is 14.9. The smallest absolute Gasteiger partial charge is 0.138 e. The van der Waals surface area contributed by atoms with Gasteiger partial charge in [0.25, 0.3) is 0 Å². The molecule has 3 nitrogen and oxygen atoms in total. The van der Waals surface area contributed by atoms with Crippen molar-refractivity contribution >= 4 is 0 Å². The van der Waals surface area contributed by atoms with Crippen LogP contribution in [0.2, 0.25) is 0 Å². The first kappa shape index (κ1) is 14.7. The summed E-state index contributed by atoms with van der Waals surface area (Å²) in [6.45, 7) is 6.41. The summed E-state index contributed by atoms with van der Waals surface area (Å²) in [4.78, 5) is 9.19. The van der Waals surface area contributed by atoms with Gasteiger partial charge in [-0.1, -0.05) is 37.3 Å². The van der Waals surface area contributed by atoms with Gasteiger partial charge >= 0.3 is 0 Å². The number of nitrogens with two attached hydrogens (primary N) is 1. The van der Waals surface area contributed by atoms with Crippen LogP contribution in [0.25, 0.3) is 0 Å². The zero-order chi connectivity index (χ0) is 14.6. The van der Waals surface area contributed by atoms with Gasteiger partial charge in [0, 0.05) is 29.8 Å². The average molecular weight is 269 g/mol. The summed E-state index contributed by atoms with van der Waals surface area (Å²) in [5, 5.41) is 0. The third-order valence-corrected chi connectivity index (χ3v) is 3.76. The van der Waals surface area contributed by atoms with Gasteiger partial charge in [-0.15, -0.1) is 0 Å². The minimum Gasteiger partial charge on any atom is -0.327 e. The molecule has 106 valence electrons. The molecule has 0 saturated heterocycles. The fraction of sp³-hybridized carbons (Fsp3) is 0.412. The van der Waals surface area contributed by atoms with Crippen LogP contribution in [0.15, 0.2) is 42.6 Å². The van der Waals surface area contributed by atoms with Crippen molar-refractivity contribution in [2.75, 3.05) is 0 Å². The molecule has 0 bridgehead atoms. The van der Waals surface area contributed by atoms with E-state index in [0.29, 0.717) is 0 Å². The number of hydrogen-bond acceptors (Lipinski definition) is 3. The zero-order valence-corrected chi connectivity index (χ0v) is 12.5. The summed E-state index contributed by atoms with van der Waals surface area (Å²) in [6, 6.07) is 12.5. The number of nitrogens with zero attached hydrogens (tertiary/aromatic N) is 2. The molecule has 0 spiro atoms. The maximum absolute atomic E-state index is 6.01. The molecule has 1 aromatic heterocycles. The molecule has 2 N–H and O–H groups in total. The third kappa shape index (κ3) is 3.23. The minimum atomic E-state index is -0.201. The molecule has 1 aromatic carbocycles. The van der Waals surface area contributed by atoms with Gasteiger partial charge in [0.2, 0.25) is 0 Å². The van der Waals surface area contributed by atoms with Gasteiger partial charge in [-0.3, -0.25) is 0 Å². The van der Waals surface area contributed by atoms with E-state index in [2.05, 4.69) is 37.9 Å². The molecular formula is C17H23N3. The largest absolute Gasteiger partial charge is 0.327 e. The van der Waals surface area contributed by atoms with Gasteiger partial charge in [-0.25, -0.2) is 9.97 Å². The quantitative estimate of drug-likeness (QED) is 0.907. The zero-order valence-electron chi connectivity index (χ0n) is 12.5. The van der Waals surface area contributed by atoms with Gasteiger partial charge in [-0.2, -0.15) is 0 Å². The summed E-state index contributed by atoms with van der Waals surface area (Å²) < 4.78 is 0. The van der Waals surface area contributed by atoms with Crippen molar-refractivity contribution in [3.63, 3.8) is 0 Å². The normalized spacial score (nSPS) is 13.2. The Balaban J connectivity index is 2.30. The third-order valence-electron chi connectivity index (χ3n) is 3.76. The second-order valence-corrected chi connectivity index (χ2v) is 5.74. The molecule has 3 heteroatoms. The number of hydrogen-bond donors (Lipinski definition) is 1. The molecule has 1 unspecified atom stereocenters. The number of rotatable bonds is 5. The van der Waals surface area contributed by atoms with Gasteiger partial charge < -0.3 is 5.73 Å². The molecule has 0 saturated carbocycles. The molecule has 0 aliphatic rings. The Morgan fingerprint density at radius 1 is 1.15 bits per heavy atom. The summed E-state index contributed by atoms with van der Waals surface area (Å²) in [5.41, 5.74) is 8.06. The lowest BCUT2D eigenvalue weighted by atomic mass is 9.83. The molecule has 1 atom stereocenters. The lowest BCUT2D eigenvalue weighted by Crippen LogP contribution is -2.25. The molecule has 2 rings (SSSR count). The van der Waals surface area contributed by atoms with Gasteiger partial charge in [0.15, 0.2) is 0 Å². The Bertz CT molecular complexity index is 549. The first-order valence-electron chi connectivity index (χ1n) is 7.17. The van der Waals surface area contributed by atoms with Gasteiger partial charge in [0.05, 0.1) is 0 Å². The SMILES string of the molecule is CCC(N)Cc1ccnc(C(C)(C)c2ccccc2)n1. The molecule has 0 fully saturated rings. The molecule has 0 aliphatic heterocycles. The Labute approximate surface area is 121 Å². The summed E-state index contributed by atoms with van der Waals surface area (Å²) in [7, 11) is 0. The van der Waals surface area contributed by atoms with E-state index in [-0.39, 0.29) is 11.5 Å². The fourth-order valence-corrected chi connectivity index (χ4v) is 2.21. The molecule has 2 aromatic rings. The Kier molecular flexibility index (Phi) is 4.50. The number of aromatic nitrogens is 2. The maximum Gasteiger partial charge on any atom is 0.138 e. The molecular weight excluding hydrogens is 246 g/mol. The fourth-order valence-electron chi connectivity index (χ4n) is 2.21. The average Bonchev–Trinajstić information content (AvgIpc) is 2.48. The van der Waals surface area contributed by atoms with E-state index < -0.39 is 0 Å². The second-order valence-electron chi connectivity index (χ2n) is 5.74. The van der Waals surface area contributed by atoms with Gasteiger partial charge in [0.1, 0.15) is 5.82 Å². The topological polar surface area (TPSA) is 51.8 Å². The lowest BCUT2D eigenvalue weighted by molar-refractivity contribution is 0.574. The van der Waals surface area contributed by atoms with Crippen LogP contribution in [-0.4, -0.2) is 16.0 Å². The Hall–Kier alpha value is -1.74. The van der Waals surface area contributed by atoms with E-state index in [9.17, 15) is 0 Å². The molecule has 1 heterocycles. The lowest BCUT2D eigenvalue weighted by Gasteiger charge is -2.24. The highest BCUT2D eigenvalue weighted by Crippen LogP contribution is 2.28. The second kappa shape index (κ2) is 6.14. The molecule has 0 radical (unpaired) electrons. The highest BCUT2D eigenvalue weighted by molar-refractivity contribution is 5.30. The first-order valence-corrected chi connectivity index (χ1v) is 7.17. The molecule has 20 heavy (non-hydrogen) atoms. The molecule has 0 amide bonds. The van der Waals surface area contributed by atoms with E-state index >= 15 is 0 Å². The van der Waals surface area contributed by atoms with Crippen molar-refractivity contribution in [2.45, 2.75) is 45.1 Å². The van der Waals surface area contributed by atoms with E-state index in [4.69, 9.17) is 10.7 Å². The van der Waals surface area contributed by atoms with Crippen LogP contribution in [0, 0.1) is 0 Å². The van der Waals surface area contributed by atoms with Crippen molar-refractivity contribution in [1.29, 1.82) is 0 Å². The van der Waals surface area contributed by atoms with Crippen molar-refractivity contribution in [1.82, 2.24) is 9.97 Å². The standard InChI is InChI=1S/C17H23N3/c1-4-14(18)12-15-10-11-19-16(20-15)17(2,3)13-8-6-5-7-9-13/h5-11,14H,4,12,18H2,1-3H3. The van der Waals surface area contributed by atoms with Crippen molar-refractivity contribution < 1.29 is 0 Å². The van der Waals surface area contributed by atoms with Gasteiger partial charge in [-0.05, 0) is 31.9 Å². The van der Waals surface area contributed by atoms with Crippen molar-refractivity contribution in [2.24, 2.45) is 5.73 Å². The Morgan fingerprint density at radius 3 is 2.50 bits per heavy atom. The summed E-state index contributed by atoms with van der Waals surface area (Å²) in [6.07, 6.45) is 3.60. The number of benzene rings is 1. The monoisotopic (exact) mass is 269 g/mol. The van der Waals surface area contributed by atoms with Crippen LogP contribution in [0.1, 0.15) is 44.3 Å². The Morgan fingerprint density at radius 2 is 1.85 bits per heavy atom. The van der Waals surface area contributed by atoms with Crippen LogP contribution in [0.5, 0.6) is 0 Å². The predicted octanol–water partition coefficient (Wildman–Crippen LogP) is 3.08. The van der Waals surface area contributed by atoms with E-state index in [1.54, 1.807) is 0 Å². The predicted molar refractivity (Wildman–Crippen MR) is 82.6 cm³/mol. The van der Waals surface area contributed by atoms with E-state index in [0.717, 1.165) is 24.4 Å². The van der Waals surface area contributed by atoms with Crippen molar-refractivity contribution in [3.05, 3.63) is 59.7 Å². The van der Waals surface area contributed by atoms with Crippen LogP contribution in [0.4, 0.5) is 0 Å². The first-order chi connectivity index (χ1) is 9.54. The van der Waals surface area contributed by atoms with Crippen LogP contribution >= 0.6 is 0 Å². The van der Waals surface area contributed by atoms with Crippen LogP contribution in [0.3, 0.4) is 0 Å². The van der Waals surface area contributed by atoms with Crippen LogP contribution < -0.4 is 5.73 Å². The van der Waals surface area contributed by atoms with E-state index in [1.807, 2.05) is 30.5 Å². The maximum atomic E-state index is 6.01. The van der Waals surface area contributed by atoms with E-state index in [1.165, 1.54) is 5.56 Å². The summed E-state index contributed by atoms with van der Waals surface area (Å²) in [5.74, 6) is 0.851.